The summed E-state index contributed by atoms with van der Waals surface area (Å²) < 4.78 is 1.89. The van der Waals surface area contributed by atoms with Crippen LogP contribution in [0.5, 0.6) is 0 Å². The van der Waals surface area contributed by atoms with Crippen LogP contribution in [0.3, 0.4) is 0 Å². The SMILES string of the molecule is CNCc1ccn(CC(=O)NC(C)C)c1. The van der Waals surface area contributed by atoms with Crippen molar-refractivity contribution in [2.45, 2.75) is 33.0 Å². The van der Waals surface area contributed by atoms with Gasteiger partial charge in [0.25, 0.3) is 0 Å². The summed E-state index contributed by atoms with van der Waals surface area (Å²) in [4.78, 5) is 11.4. The lowest BCUT2D eigenvalue weighted by Gasteiger charge is -2.08. The zero-order chi connectivity index (χ0) is 11.3. The molecule has 0 fully saturated rings. The number of rotatable bonds is 5. The Balaban J connectivity index is 2.46. The molecule has 0 aliphatic heterocycles. The fourth-order valence-corrected chi connectivity index (χ4v) is 1.43. The van der Waals surface area contributed by atoms with Crippen molar-refractivity contribution in [2.75, 3.05) is 7.05 Å². The number of carbonyl (C=O) groups excluding carboxylic acids is 1. The van der Waals surface area contributed by atoms with E-state index in [4.69, 9.17) is 0 Å². The van der Waals surface area contributed by atoms with Gasteiger partial charge in [0.1, 0.15) is 6.54 Å². The lowest BCUT2D eigenvalue weighted by Crippen LogP contribution is -2.32. The van der Waals surface area contributed by atoms with E-state index >= 15 is 0 Å². The van der Waals surface area contributed by atoms with E-state index in [0.717, 1.165) is 6.54 Å². The van der Waals surface area contributed by atoms with Gasteiger partial charge in [-0.05, 0) is 32.5 Å². The first kappa shape index (κ1) is 11.8. The van der Waals surface area contributed by atoms with Crippen molar-refractivity contribution in [3.63, 3.8) is 0 Å². The first-order chi connectivity index (χ1) is 7.11. The molecule has 0 unspecified atom stereocenters. The maximum Gasteiger partial charge on any atom is 0.240 e. The fraction of sp³-hybridized carbons (Fsp3) is 0.545. The van der Waals surface area contributed by atoms with Gasteiger partial charge in [0.2, 0.25) is 5.91 Å². The van der Waals surface area contributed by atoms with E-state index in [2.05, 4.69) is 10.6 Å². The molecule has 2 N–H and O–H groups in total. The van der Waals surface area contributed by atoms with Crippen LogP contribution in [-0.4, -0.2) is 23.6 Å². The van der Waals surface area contributed by atoms with Crippen molar-refractivity contribution in [1.29, 1.82) is 0 Å². The van der Waals surface area contributed by atoms with E-state index in [1.54, 1.807) is 0 Å². The van der Waals surface area contributed by atoms with E-state index in [0.29, 0.717) is 6.54 Å². The van der Waals surface area contributed by atoms with Gasteiger partial charge in [0.15, 0.2) is 0 Å². The standard InChI is InChI=1S/C11H19N3O/c1-9(2)13-11(15)8-14-5-4-10(7-14)6-12-3/h4-5,7,9,12H,6,8H2,1-3H3,(H,13,15). The molecule has 0 aliphatic rings. The van der Waals surface area contributed by atoms with Crippen molar-refractivity contribution < 1.29 is 4.79 Å². The summed E-state index contributed by atoms with van der Waals surface area (Å²) in [6.45, 7) is 5.14. The number of hydrogen-bond donors (Lipinski definition) is 2. The Morgan fingerprint density at radius 1 is 1.53 bits per heavy atom. The van der Waals surface area contributed by atoms with Crippen LogP contribution in [0, 0.1) is 0 Å². The van der Waals surface area contributed by atoms with Crippen LogP contribution in [0.15, 0.2) is 18.5 Å². The smallest absolute Gasteiger partial charge is 0.240 e. The summed E-state index contributed by atoms with van der Waals surface area (Å²) in [5.74, 6) is 0.0524. The van der Waals surface area contributed by atoms with E-state index in [1.165, 1.54) is 5.56 Å². The van der Waals surface area contributed by atoms with E-state index < -0.39 is 0 Å². The normalized spacial score (nSPS) is 10.7. The highest BCUT2D eigenvalue weighted by atomic mass is 16.2. The minimum atomic E-state index is 0.0524. The van der Waals surface area contributed by atoms with Gasteiger partial charge in [-0.2, -0.15) is 0 Å². The monoisotopic (exact) mass is 209 g/mol. The van der Waals surface area contributed by atoms with Gasteiger partial charge in [0, 0.05) is 25.0 Å². The van der Waals surface area contributed by atoms with Gasteiger partial charge in [-0.25, -0.2) is 0 Å². The maximum absolute atomic E-state index is 11.4. The molecule has 1 amide bonds. The number of amides is 1. The molecule has 15 heavy (non-hydrogen) atoms. The number of carbonyl (C=O) groups is 1. The minimum absolute atomic E-state index is 0.0524. The highest BCUT2D eigenvalue weighted by molar-refractivity contribution is 5.75. The van der Waals surface area contributed by atoms with Gasteiger partial charge < -0.3 is 15.2 Å². The summed E-state index contributed by atoms with van der Waals surface area (Å²) in [6.07, 6.45) is 3.91. The Hall–Kier alpha value is -1.29. The molecule has 4 nitrogen and oxygen atoms in total. The minimum Gasteiger partial charge on any atom is -0.352 e. The quantitative estimate of drug-likeness (QED) is 0.751. The molecule has 0 atom stereocenters. The molecule has 0 aromatic carbocycles. The van der Waals surface area contributed by atoms with Gasteiger partial charge in [0.05, 0.1) is 0 Å². The topological polar surface area (TPSA) is 46.1 Å². The molecule has 0 saturated heterocycles. The highest BCUT2D eigenvalue weighted by Gasteiger charge is 2.04. The molecule has 1 heterocycles. The second kappa shape index (κ2) is 5.56. The molecule has 84 valence electrons. The zero-order valence-electron chi connectivity index (χ0n) is 9.58. The molecule has 4 heteroatoms. The van der Waals surface area contributed by atoms with Crippen LogP contribution in [0.1, 0.15) is 19.4 Å². The summed E-state index contributed by atoms with van der Waals surface area (Å²) in [6, 6.07) is 2.21. The molecule has 0 aliphatic carbocycles. The zero-order valence-corrected chi connectivity index (χ0v) is 9.58. The number of aromatic nitrogens is 1. The predicted octanol–water partition coefficient (Wildman–Crippen LogP) is 0.732. The maximum atomic E-state index is 11.4. The average molecular weight is 209 g/mol. The first-order valence-electron chi connectivity index (χ1n) is 5.20. The molecule has 0 radical (unpaired) electrons. The molecule has 1 aromatic heterocycles. The Labute approximate surface area is 90.7 Å². The molecular weight excluding hydrogens is 190 g/mol. The average Bonchev–Trinajstić information content (AvgIpc) is 2.51. The fourth-order valence-electron chi connectivity index (χ4n) is 1.43. The molecule has 1 aromatic rings. The number of nitrogens with zero attached hydrogens (tertiary/aromatic N) is 1. The van der Waals surface area contributed by atoms with Crippen LogP contribution < -0.4 is 10.6 Å². The van der Waals surface area contributed by atoms with Gasteiger partial charge in [-0.1, -0.05) is 0 Å². The summed E-state index contributed by atoms with van der Waals surface area (Å²) in [5, 5.41) is 5.93. The van der Waals surface area contributed by atoms with Crippen molar-refractivity contribution in [3.8, 4) is 0 Å². The summed E-state index contributed by atoms with van der Waals surface area (Å²) in [7, 11) is 1.91. The van der Waals surface area contributed by atoms with Crippen molar-refractivity contribution >= 4 is 5.91 Å². The second-order valence-electron chi connectivity index (χ2n) is 3.94. The van der Waals surface area contributed by atoms with Crippen LogP contribution in [0.25, 0.3) is 0 Å². The van der Waals surface area contributed by atoms with Crippen molar-refractivity contribution in [2.24, 2.45) is 0 Å². The number of hydrogen-bond acceptors (Lipinski definition) is 2. The molecule has 0 spiro atoms. The molecule has 0 bridgehead atoms. The van der Waals surface area contributed by atoms with Crippen LogP contribution >= 0.6 is 0 Å². The van der Waals surface area contributed by atoms with Crippen LogP contribution in [0.2, 0.25) is 0 Å². The Bertz CT molecular complexity index is 317. The Kier molecular flexibility index (Phi) is 4.37. The second-order valence-corrected chi connectivity index (χ2v) is 3.94. The highest BCUT2D eigenvalue weighted by Crippen LogP contribution is 2.00. The van der Waals surface area contributed by atoms with Crippen LogP contribution in [0.4, 0.5) is 0 Å². The van der Waals surface area contributed by atoms with Gasteiger partial charge in [-0.3, -0.25) is 4.79 Å². The van der Waals surface area contributed by atoms with Crippen LogP contribution in [-0.2, 0) is 17.9 Å². The molecule has 1 rings (SSSR count). The lowest BCUT2D eigenvalue weighted by molar-refractivity contribution is -0.122. The van der Waals surface area contributed by atoms with Gasteiger partial charge >= 0.3 is 0 Å². The van der Waals surface area contributed by atoms with Crippen molar-refractivity contribution in [1.82, 2.24) is 15.2 Å². The summed E-state index contributed by atoms with van der Waals surface area (Å²) in [5.41, 5.74) is 1.19. The lowest BCUT2D eigenvalue weighted by atomic mass is 10.3. The van der Waals surface area contributed by atoms with E-state index in [-0.39, 0.29) is 11.9 Å². The third-order valence-electron chi connectivity index (χ3n) is 1.97. The third kappa shape index (κ3) is 4.16. The Morgan fingerprint density at radius 3 is 2.87 bits per heavy atom. The first-order valence-corrected chi connectivity index (χ1v) is 5.20. The van der Waals surface area contributed by atoms with Crippen molar-refractivity contribution in [3.05, 3.63) is 24.0 Å². The molecular formula is C11H19N3O. The largest absolute Gasteiger partial charge is 0.352 e. The Morgan fingerprint density at radius 2 is 2.27 bits per heavy atom. The predicted molar refractivity (Wildman–Crippen MR) is 60.5 cm³/mol. The van der Waals surface area contributed by atoms with Gasteiger partial charge in [-0.15, -0.1) is 0 Å². The van der Waals surface area contributed by atoms with E-state index in [1.807, 2.05) is 43.9 Å². The van der Waals surface area contributed by atoms with E-state index in [9.17, 15) is 4.79 Å². The molecule has 0 saturated carbocycles. The summed E-state index contributed by atoms with van der Waals surface area (Å²) >= 11 is 0. The number of nitrogens with one attached hydrogen (secondary N) is 2. The third-order valence-corrected chi connectivity index (χ3v) is 1.97.